The van der Waals surface area contributed by atoms with Gasteiger partial charge in [-0.15, -0.1) is 0 Å². The molecule has 0 amide bonds. The van der Waals surface area contributed by atoms with Crippen molar-refractivity contribution in [2.75, 3.05) is 0 Å². The molecule has 1 aliphatic rings. The lowest BCUT2D eigenvalue weighted by molar-refractivity contribution is 0.0375. The molecule has 0 bridgehead atoms. The molecule has 1 rings (SSSR count). The van der Waals surface area contributed by atoms with E-state index < -0.39 is 0 Å². The number of hydrogen-bond donors (Lipinski definition) is 2. The Morgan fingerprint density at radius 1 is 1.25 bits per heavy atom. The molecule has 2 N–H and O–H groups in total. The predicted molar refractivity (Wildman–Crippen MR) is 48.9 cm³/mol. The van der Waals surface area contributed by atoms with E-state index in [0.717, 1.165) is 38.5 Å². The van der Waals surface area contributed by atoms with Crippen LogP contribution in [0.1, 0.15) is 45.4 Å². The summed E-state index contributed by atoms with van der Waals surface area (Å²) in [5, 5.41) is 18.9. The number of hydrogen-bond acceptors (Lipinski definition) is 2. The van der Waals surface area contributed by atoms with Gasteiger partial charge in [-0.25, -0.2) is 0 Å². The molecule has 0 heterocycles. The molecule has 0 aromatic carbocycles. The summed E-state index contributed by atoms with van der Waals surface area (Å²) in [6.45, 7) is 2.10. The fourth-order valence-electron chi connectivity index (χ4n) is 2.02. The highest BCUT2D eigenvalue weighted by Gasteiger charge is 2.24. The summed E-state index contributed by atoms with van der Waals surface area (Å²) >= 11 is 0. The minimum atomic E-state index is -0.123. The average Bonchev–Trinajstić information content (AvgIpc) is 2.06. The normalized spacial score (nSPS) is 33.2. The van der Waals surface area contributed by atoms with E-state index in [1.165, 1.54) is 0 Å². The summed E-state index contributed by atoms with van der Waals surface area (Å²) in [6, 6.07) is 0. The van der Waals surface area contributed by atoms with Gasteiger partial charge in [0.15, 0.2) is 0 Å². The van der Waals surface area contributed by atoms with Crippen molar-refractivity contribution in [3.63, 3.8) is 0 Å². The Morgan fingerprint density at radius 3 is 2.33 bits per heavy atom. The highest BCUT2D eigenvalue weighted by atomic mass is 16.3. The molecule has 12 heavy (non-hydrogen) atoms. The summed E-state index contributed by atoms with van der Waals surface area (Å²) in [5.74, 6) is 0.452. The number of rotatable bonds is 3. The second kappa shape index (κ2) is 4.83. The van der Waals surface area contributed by atoms with Gasteiger partial charge in [-0.2, -0.15) is 0 Å². The van der Waals surface area contributed by atoms with Crippen LogP contribution in [0.25, 0.3) is 0 Å². The summed E-state index contributed by atoms with van der Waals surface area (Å²) in [6.07, 6.45) is 5.51. The fraction of sp³-hybridized carbons (Fsp3) is 1.00. The summed E-state index contributed by atoms with van der Waals surface area (Å²) in [5.41, 5.74) is 0. The lowest BCUT2D eigenvalue weighted by Gasteiger charge is -2.28. The third-order valence-electron chi connectivity index (χ3n) is 2.87. The zero-order chi connectivity index (χ0) is 8.97. The lowest BCUT2D eigenvalue weighted by Crippen LogP contribution is -2.27. The first-order valence-corrected chi connectivity index (χ1v) is 5.10. The Kier molecular flexibility index (Phi) is 4.02. The minimum absolute atomic E-state index is 0.102. The average molecular weight is 172 g/mol. The van der Waals surface area contributed by atoms with Crippen molar-refractivity contribution in [2.24, 2.45) is 5.92 Å². The van der Waals surface area contributed by atoms with Gasteiger partial charge in [0, 0.05) is 0 Å². The van der Waals surface area contributed by atoms with Crippen LogP contribution in [0.3, 0.4) is 0 Å². The van der Waals surface area contributed by atoms with E-state index >= 15 is 0 Å². The van der Waals surface area contributed by atoms with Crippen LogP contribution in [0.15, 0.2) is 0 Å². The van der Waals surface area contributed by atoms with E-state index in [1.54, 1.807) is 0 Å². The molecule has 0 spiro atoms. The van der Waals surface area contributed by atoms with E-state index in [0.29, 0.717) is 5.92 Å². The first-order valence-electron chi connectivity index (χ1n) is 5.10. The van der Waals surface area contributed by atoms with Gasteiger partial charge in [0.2, 0.25) is 0 Å². The monoisotopic (exact) mass is 172 g/mol. The molecule has 0 aromatic rings. The van der Waals surface area contributed by atoms with Crippen LogP contribution in [0, 0.1) is 5.92 Å². The summed E-state index contributed by atoms with van der Waals surface area (Å²) in [4.78, 5) is 0. The first kappa shape index (κ1) is 10.0. The minimum Gasteiger partial charge on any atom is -0.393 e. The first-order chi connectivity index (χ1) is 5.74. The number of aliphatic hydroxyl groups is 2. The molecule has 2 nitrogen and oxygen atoms in total. The van der Waals surface area contributed by atoms with Gasteiger partial charge in [0.05, 0.1) is 12.2 Å². The van der Waals surface area contributed by atoms with Crippen LogP contribution in [-0.2, 0) is 0 Å². The van der Waals surface area contributed by atoms with Crippen LogP contribution in [0.4, 0.5) is 0 Å². The molecule has 0 aliphatic heterocycles. The molecular formula is C10H20O2. The van der Waals surface area contributed by atoms with Crippen LogP contribution in [-0.4, -0.2) is 22.4 Å². The second-order valence-corrected chi connectivity index (χ2v) is 3.92. The molecule has 0 radical (unpaired) electrons. The van der Waals surface area contributed by atoms with E-state index in [4.69, 9.17) is 0 Å². The maximum absolute atomic E-state index is 9.68. The highest BCUT2D eigenvalue weighted by molar-refractivity contribution is 4.76. The Hall–Kier alpha value is -0.0800. The third kappa shape index (κ3) is 2.76. The van der Waals surface area contributed by atoms with Gasteiger partial charge in [0.1, 0.15) is 0 Å². The predicted octanol–water partition coefficient (Wildman–Crippen LogP) is 1.70. The molecule has 1 saturated carbocycles. The topological polar surface area (TPSA) is 40.5 Å². The Bertz CT molecular complexity index is 117. The second-order valence-electron chi connectivity index (χ2n) is 3.92. The molecule has 1 aliphatic carbocycles. The van der Waals surface area contributed by atoms with E-state index in [-0.39, 0.29) is 12.2 Å². The van der Waals surface area contributed by atoms with Crippen molar-refractivity contribution in [1.29, 1.82) is 0 Å². The van der Waals surface area contributed by atoms with Gasteiger partial charge in [-0.1, -0.05) is 13.3 Å². The largest absolute Gasteiger partial charge is 0.393 e. The quantitative estimate of drug-likeness (QED) is 0.680. The zero-order valence-corrected chi connectivity index (χ0v) is 7.87. The van der Waals surface area contributed by atoms with Crippen molar-refractivity contribution in [3.8, 4) is 0 Å². The zero-order valence-electron chi connectivity index (χ0n) is 7.87. The summed E-state index contributed by atoms with van der Waals surface area (Å²) < 4.78 is 0. The molecule has 1 fully saturated rings. The van der Waals surface area contributed by atoms with Crippen LogP contribution in [0.2, 0.25) is 0 Å². The molecule has 0 aromatic heterocycles. The molecule has 1 unspecified atom stereocenters. The SMILES string of the molecule is CCCC(O)C1CCC(O)CC1. The maximum Gasteiger partial charge on any atom is 0.0568 e. The molecule has 2 heteroatoms. The maximum atomic E-state index is 9.68. The Balaban J connectivity index is 2.24. The molecule has 72 valence electrons. The number of aliphatic hydroxyl groups excluding tert-OH is 2. The fourth-order valence-corrected chi connectivity index (χ4v) is 2.02. The van der Waals surface area contributed by atoms with Gasteiger partial charge >= 0.3 is 0 Å². The molecule has 0 saturated heterocycles. The van der Waals surface area contributed by atoms with Gasteiger partial charge in [0.25, 0.3) is 0 Å². The van der Waals surface area contributed by atoms with Crippen LogP contribution < -0.4 is 0 Å². The van der Waals surface area contributed by atoms with E-state index in [9.17, 15) is 10.2 Å². The molecule has 1 atom stereocenters. The van der Waals surface area contributed by atoms with Crippen molar-refractivity contribution < 1.29 is 10.2 Å². The van der Waals surface area contributed by atoms with Crippen molar-refractivity contribution in [3.05, 3.63) is 0 Å². The van der Waals surface area contributed by atoms with Gasteiger partial charge in [-0.05, 0) is 38.0 Å². The summed E-state index contributed by atoms with van der Waals surface area (Å²) in [7, 11) is 0. The van der Waals surface area contributed by atoms with Crippen molar-refractivity contribution in [2.45, 2.75) is 57.7 Å². The highest BCUT2D eigenvalue weighted by Crippen LogP contribution is 2.28. The lowest BCUT2D eigenvalue weighted by atomic mass is 9.82. The van der Waals surface area contributed by atoms with E-state index in [1.807, 2.05) is 0 Å². The van der Waals surface area contributed by atoms with Gasteiger partial charge < -0.3 is 10.2 Å². The van der Waals surface area contributed by atoms with Crippen LogP contribution in [0.5, 0.6) is 0 Å². The Morgan fingerprint density at radius 2 is 1.83 bits per heavy atom. The smallest absolute Gasteiger partial charge is 0.0568 e. The van der Waals surface area contributed by atoms with Crippen LogP contribution >= 0.6 is 0 Å². The standard InChI is InChI=1S/C10H20O2/c1-2-3-10(12)8-4-6-9(11)7-5-8/h8-12H,2-7H2,1H3. The molecular weight excluding hydrogens is 152 g/mol. The Labute approximate surface area is 74.6 Å². The van der Waals surface area contributed by atoms with E-state index in [2.05, 4.69) is 6.92 Å². The van der Waals surface area contributed by atoms with Crippen molar-refractivity contribution in [1.82, 2.24) is 0 Å². The van der Waals surface area contributed by atoms with Crippen molar-refractivity contribution >= 4 is 0 Å². The third-order valence-corrected chi connectivity index (χ3v) is 2.87. The van der Waals surface area contributed by atoms with Gasteiger partial charge in [-0.3, -0.25) is 0 Å².